The lowest BCUT2D eigenvalue weighted by atomic mass is 10.0. The summed E-state index contributed by atoms with van der Waals surface area (Å²) >= 11 is 0. The Hall–Kier alpha value is -1.65. The van der Waals surface area contributed by atoms with Crippen LogP contribution in [-0.4, -0.2) is 24.0 Å². The quantitative estimate of drug-likeness (QED) is 0.758. The van der Waals surface area contributed by atoms with E-state index in [1.54, 1.807) is 0 Å². The molecule has 1 fully saturated rings. The topological polar surface area (TPSA) is 54.0 Å². The molecule has 1 aromatic heterocycles. The van der Waals surface area contributed by atoms with Gasteiger partial charge < -0.3 is 10.6 Å². The van der Waals surface area contributed by atoms with Crippen LogP contribution in [0.5, 0.6) is 0 Å². The van der Waals surface area contributed by atoms with E-state index in [4.69, 9.17) is 0 Å². The molecule has 1 saturated carbocycles. The highest BCUT2D eigenvalue weighted by atomic mass is 19.1. The second-order valence-corrected chi connectivity index (χ2v) is 5.63. The standard InChI is InChI=1S/C16H24FN3O/c1-2-18-15-14(10-13(17)11-20-15)16(21)19-9-5-8-12-6-3-4-7-12/h10-12H,2-9H2,1H3,(H,18,20)(H,19,21). The molecule has 0 aliphatic heterocycles. The number of carbonyl (C=O) groups is 1. The van der Waals surface area contributed by atoms with Gasteiger partial charge in [-0.1, -0.05) is 25.7 Å². The molecule has 1 heterocycles. The predicted molar refractivity (Wildman–Crippen MR) is 81.9 cm³/mol. The van der Waals surface area contributed by atoms with Crippen LogP contribution in [0.1, 0.15) is 55.8 Å². The number of rotatable bonds is 7. The Bertz CT molecular complexity index is 473. The molecule has 0 aromatic carbocycles. The Morgan fingerprint density at radius 1 is 1.43 bits per heavy atom. The van der Waals surface area contributed by atoms with Crippen molar-refractivity contribution in [3.63, 3.8) is 0 Å². The highest BCUT2D eigenvalue weighted by Gasteiger charge is 2.16. The summed E-state index contributed by atoms with van der Waals surface area (Å²) in [6.07, 6.45) is 8.61. The van der Waals surface area contributed by atoms with E-state index >= 15 is 0 Å². The number of nitrogens with zero attached hydrogens (tertiary/aromatic N) is 1. The average Bonchev–Trinajstić information content (AvgIpc) is 2.99. The molecule has 1 aromatic rings. The second kappa shape index (κ2) is 7.96. The Kier molecular flexibility index (Phi) is 5.96. The zero-order valence-electron chi connectivity index (χ0n) is 12.6. The van der Waals surface area contributed by atoms with Crippen molar-refractivity contribution < 1.29 is 9.18 Å². The number of anilines is 1. The van der Waals surface area contributed by atoms with Crippen molar-refractivity contribution in [2.45, 2.75) is 45.4 Å². The zero-order chi connectivity index (χ0) is 15.1. The van der Waals surface area contributed by atoms with Crippen molar-refractivity contribution in [2.24, 2.45) is 5.92 Å². The Morgan fingerprint density at radius 2 is 2.19 bits per heavy atom. The van der Waals surface area contributed by atoms with E-state index in [0.717, 1.165) is 18.5 Å². The van der Waals surface area contributed by atoms with Gasteiger partial charge in [-0.25, -0.2) is 9.37 Å². The number of amides is 1. The van der Waals surface area contributed by atoms with E-state index in [-0.39, 0.29) is 11.5 Å². The molecule has 4 nitrogen and oxygen atoms in total. The molecular weight excluding hydrogens is 269 g/mol. The lowest BCUT2D eigenvalue weighted by Crippen LogP contribution is -2.26. The van der Waals surface area contributed by atoms with Crippen molar-refractivity contribution in [2.75, 3.05) is 18.4 Å². The molecule has 2 N–H and O–H groups in total. The lowest BCUT2D eigenvalue weighted by Gasteiger charge is -2.11. The fourth-order valence-corrected chi connectivity index (χ4v) is 2.91. The molecule has 0 radical (unpaired) electrons. The molecule has 1 aliphatic rings. The Morgan fingerprint density at radius 3 is 2.90 bits per heavy atom. The van der Waals surface area contributed by atoms with E-state index in [9.17, 15) is 9.18 Å². The van der Waals surface area contributed by atoms with Gasteiger partial charge in [-0.2, -0.15) is 0 Å². The summed E-state index contributed by atoms with van der Waals surface area (Å²) in [5.41, 5.74) is 0.276. The Balaban J connectivity index is 1.82. The summed E-state index contributed by atoms with van der Waals surface area (Å²) in [5.74, 6) is 0.513. The van der Waals surface area contributed by atoms with Gasteiger partial charge >= 0.3 is 0 Å². The molecule has 0 bridgehead atoms. The largest absolute Gasteiger partial charge is 0.370 e. The second-order valence-electron chi connectivity index (χ2n) is 5.63. The van der Waals surface area contributed by atoms with Crippen LogP contribution in [0.4, 0.5) is 10.2 Å². The van der Waals surface area contributed by atoms with Gasteiger partial charge in [0.25, 0.3) is 5.91 Å². The highest BCUT2D eigenvalue weighted by molar-refractivity contribution is 5.98. The van der Waals surface area contributed by atoms with E-state index < -0.39 is 5.82 Å². The van der Waals surface area contributed by atoms with E-state index in [1.807, 2.05) is 6.92 Å². The Labute approximate surface area is 125 Å². The van der Waals surface area contributed by atoms with Crippen LogP contribution in [0.3, 0.4) is 0 Å². The lowest BCUT2D eigenvalue weighted by molar-refractivity contribution is 0.0952. The molecule has 21 heavy (non-hydrogen) atoms. The van der Waals surface area contributed by atoms with Gasteiger partial charge in [-0.3, -0.25) is 4.79 Å². The molecule has 5 heteroatoms. The molecule has 116 valence electrons. The van der Waals surface area contributed by atoms with Crippen LogP contribution in [0.2, 0.25) is 0 Å². The van der Waals surface area contributed by atoms with Gasteiger partial charge in [-0.05, 0) is 31.7 Å². The average molecular weight is 293 g/mol. The highest BCUT2D eigenvalue weighted by Crippen LogP contribution is 2.28. The van der Waals surface area contributed by atoms with Crippen LogP contribution < -0.4 is 10.6 Å². The first kappa shape index (κ1) is 15.7. The minimum atomic E-state index is -0.493. The number of halogens is 1. The summed E-state index contributed by atoms with van der Waals surface area (Å²) < 4.78 is 13.3. The van der Waals surface area contributed by atoms with Crippen LogP contribution in [0, 0.1) is 11.7 Å². The summed E-state index contributed by atoms with van der Waals surface area (Å²) in [6, 6.07) is 1.23. The van der Waals surface area contributed by atoms with E-state index in [1.165, 1.54) is 38.2 Å². The maximum Gasteiger partial charge on any atom is 0.255 e. The SMILES string of the molecule is CCNc1ncc(F)cc1C(=O)NCCCC1CCCC1. The third-order valence-corrected chi connectivity index (χ3v) is 3.99. The summed E-state index contributed by atoms with van der Waals surface area (Å²) in [5, 5.41) is 5.84. The number of nitrogens with one attached hydrogen (secondary N) is 2. The minimum absolute atomic E-state index is 0.260. The fourth-order valence-electron chi connectivity index (χ4n) is 2.91. The van der Waals surface area contributed by atoms with Gasteiger partial charge in [0.15, 0.2) is 0 Å². The summed E-state index contributed by atoms with van der Waals surface area (Å²) in [4.78, 5) is 16.1. The number of carbonyl (C=O) groups excluding carboxylic acids is 1. The monoisotopic (exact) mass is 293 g/mol. The predicted octanol–water partition coefficient (Wildman–Crippen LogP) is 3.35. The van der Waals surface area contributed by atoms with Crippen molar-refractivity contribution in [3.8, 4) is 0 Å². The fraction of sp³-hybridized carbons (Fsp3) is 0.625. The van der Waals surface area contributed by atoms with Gasteiger partial charge in [0.1, 0.15) is 11.6 Å². The van der Waals surface area contributed by atoms with Crippen molar-refractivity contribution in [1.82, 2.24) is 10.3 Å². The molecule has 0 unspecified atom stereocenters. The third kappa shape index (κ3) is 4.69. The van der Waals surface area contributed by atoms with Crippen LogP contribution in [-0.2, 0) is 0 Å². The normalized spacial score (nSPS) is 15.1. The number of hydrogen-bond acceptors (Lipinski definition) is 3. The maximum atomic E-state index is 13.3. The maximum absolute atomic E-state index is 13.3. The first-order valence-electron chi connectivity index (χ1n) is 7.88. The zero-order valence-corrected chi connectivity index (χ0v) is 12.6. The molecule has 0 saturated heterocycles. The summed E-state index contributed by atoms with van der Waals surface area (Å²) in [7, 11) is 0. The molecule has 1 amide bonds. The molecular formula is C16H24FN3O. The number of pyridine rings is 1. The van der Waals surface area contributed by atoms with Gasteiger partial charge in [0.05, 0.1) is 11.8 Å². The number of aromatic nitrogens is 1. The first-order valence-corrected chi connectivity index (χ1v) is 7.88. The van der Waals surface area contributed by atoms with Crippen LogP contribution >= 0.6 is 0 Å². The summed E-state index contributed by atoms with van der Waals surface area (Å²) in [6.45, 7) is 3.19. The van der Waals surface area contributed by atoms with Gasteiger partial charge in [-0.15, -0.1) is 0 Å². The van der Waals surface area contributed by atoms with Crippen molar-refractivity contribution in [1.29, 1.82) is 0 Å². The van der Waals surface area contributed by atoms with E-state index in [0.29, 0.717) is 18.9 Å². The van der Waals surface area contributed by atoms with Crippen LogP contribution in [0.25, 0.3) is 0 Å². The van der Waals surface area contributed by atoms with Crippen molar-refractivity contribution in [3.05, 3.63) is 23.6 Å². The van der Waals surface area contributed by atoms with Gasteiger partial charge in [0, 0.05) is 13.1 Å². The first-order chi connectivity index (χ1) is 10.2. The number of hydrogen-bond donors (Lipinski definition) is 2. The van der Waals surface area contributed by atoms with Gasteiger partial charge in [0.2, 0.25) is 0 Å². The van der Waals surface area contributed by atoms with Crippen LogP contribution in [0.15, 0.2) is 12.3 Å². The molecule has 0 spiro atoms. The molecule has 2 rings (SSSR count). The minimum Gasteiger partial charge on any atom is -0.370 e. The van der Waals surface area contributed by atoms with E-state index in [2.05, 4.69) is 15.6 Å². The third-order valence-electron chi connectivity index (χ3n) is 3.99. The molecule has 0 atom stereocenters. The van der Waals surface area contributed by atoms with Crippen molar-refractivity contribution >= 4 is 11.7 Å². The smallest absolute Gasteiger partial charge is 0.255 e. The molecule has 1 aliphatic carbocycles.